The quantitative estimate of drug-likeness (QED) is 0.622. The molecule has 2 rings (SSSR count). The number of aldehydes is 1. The second-order valence-corrected chi connectivity index (χ2v) is 4.53. The second kappa shape index (κ2) is 7.80. The first-order valence-electron chi connectivity index (χ1n) is 6.82. The highest BCUT2D eigenvalue weighted by Gasteiger charge is 2.05. The Morgan fingerprint density at radius 2 is 1.71 bits per heavy atom. The van der Waals surface area contributed by atoms with Gasteiger partial charge >= 0.3 is 0 Å². The van der Waals surface area contributed by atoms with Gasteiger partial charge in [-0.25, -0.2) is 0 Å². The predicted octanol–water partition coefficient (Wildman–Crippen LogP) is 3.58. The second-order valence-electron chi connectivity index (χ2n) is 4.53. The van der Waals surface area contributed by atoms with Crippen LogP contribution < -0.4 is 5.32 Å². The van der Waals surface area contributed by atoms with E-state index in [1.807, 2.05) is 48.5 Å². The number of anilines is 1. The van der Waals surface area contributed by atoms with E-state index < -0.39 is 0 Å². The lowest BCUT2D eigenvalue weighted by molar-refractivity contribution is -0.107. The summed E-state index contributed by atoms with van der Waals surface area (Å²) >= 11 is 0. The van der Waals surface area contributed by atoms with E-state index in [2.05, 4.69) is 5.32 Å². The number of rotatable bonds is 7. The molecule has 0 radical (unpaired) electrons. The number of carbonyl (C=O) groups is 2. The molecule has 0 aliphatic carbocycles. The zero-order valence-corrected chi connectivity index (χ0v) is 11.7. The largest absolute Gasteiger partial charge is 0.377 e. The lowest BCUT2D eigenvalue weighted by Crippen LogP contribution is -2.14. The third-order valence-electron chi connectivity index (χ3n) is 3.03. The normalized spacial score (nSPS) is 10.5. The van der Waals surface area contributed by atoms with Gasteiger partial charge in [0, 0.05) is 17.7 Å². The summed E-state index contributed by atoms with van der Waals surface area (Å²) < 4.78 is 0. The number of allylic oxidation sites excluding steroid dienone is 1. The SMILES string of the molecule is O=CC/C=C/c1ccccc1NCC(=O)c1ccccc1. The third kappa shape index (κ3) is 4.42. The van der Waals surface area contributed by atoms with Crippen LogP contribution in [-0.2, 0) is 4.79 Å². The maximum Gasteiger partial charge on any atom is 0.181 e. The zero-order chi connectivity index (χ0) is 14.9. The fourth-order valence-electron chi connectivity index (χ4n) is 1.96. The summed E-state index contributed by atoms with van der Waals surface area (Å²) in [5.74, 6) is 0.0438. The highest BCUT2D eigenvalue weighted by atomic mass is 16.1. The van der Waals surface area contributed by atoms with Gasteiger partial charge in [-0.15, -0.1) is 0 Å². The molecule has 0 saturated heterocycles. The van der Waals surface area contributed by atoms with Gasteiger partial charge in [-0.05, 0) is 11.6 Å². The molecule has 2 aromatic carbocycles. The van der Waals surface area contributed by atoms with E-state index >= 15 is 0 Å². The third-order valence-corrected chi connectivity index (χ3v) is 3.03. The number of para-hydroxylation sites is 1. The number of ketones is 1. The number of nitrogens with one attached hydrogen (secondary N) is 1. The molecule has 0 spiro atoms. The Labute approximate surface area is 124 Å². The maximum absolute atomic E-state index is 12.1. The van der Waals surface area contributed by atoms with Crippen LogP contribution in [0.4, 0.5) is 5.69 Å². The van der Waals surface area contributed by atoms with E-state index in [0.717, 1.165) is 17.5 Å². The molecule has 0 atom stereocenters. The molecule has 0 saturated carbocycles. The standard InChI is InChI=1S/C18H17NO2/c20-13-7-6-9-15-8-4-5-12-17(15)19-14-18(21)16-10-2-1-3-11-16/h1-6,8-13,19H,7,14H2/b9-6+. The lowest BCUT2D eigenvalue weighted by atomic mass is 10.1. The van der Waals surface area contributed by atoms with Crippen LogP contribution in [0.25, 0.3) is 6.08 Å². The molecule has 1 N–H and O–H groups in total. The van der Waals surface area contributed by atoms with Gasteiger partial charge in [0.25, 0.3) is 0 Å². The zero-order valence-electron chi connectivity index (χ0n) is 11.7. The Morgan fingerprint density at radius 1 is 1.00 bits per heavy atom. The van der Waals surface area contributed by atoms with Gasteiger partial charge in [-0.1, -0.05) is 60.7 Å². The van der Waals surface area contributed by atoms with Crippen molar-refractivity contribution in [1.82, 2.24) is 0 Å². The molecule has 0 heterocycles. The molecular weight excluding hydrogens is 262 g/mol. The number of carbonyl (C=O) groups excluding carboxylic acids is 2. The van der Waals surface area contributed by atoms with E-state index in [9.17, 15) is 9.59 Å². The van der Waals surface area contributed by atoms with Gasteiger partial charge in [0.2, 0.25) is 0 Å². The fraction of sp³-hybridized carbons (Fsp3) is 0.111. The predicted molar refractivity (Wildman–Crippen MR) is 85.4 cm³/mol. The average molecular weight is 279 g/mol. The van der Waals surface area contributed by atoms with Crippen molar-refractivity contribution in [2.45, 2.75) is 6.42 Å². The smallest absolute Gasteiger partial charge is 0.181 e. The van der Waals surface area contributed by atoms with Crippen LogP contribution in [0.1, 0.15) is 22.3 Å². The Kier molecular flexibility index (Phi) is 5.47. The Morgan fingerprint density at radius 3 is 2.48 bits per heavy atom. The topological polar surface area (TPSA) is 46.2 Å². The number of hydrogen-bond donors (Lipinski definition) is 1. The van der Waals surface area contributed by atoms with Crippen molar-refractivity contribution in [3.8, 4) is 0 Å². The van der Waals surface area contributed by atoms with E-state index in [0.29, 0.717) is 12.0 Å². The average Bonchev–Trinajstić information content (AvgIpc) is 2.54. The van der Waals surface area contributed by atoms with Crippen LogP contribution in [0.3, 0.4) is 0 Å². The summed E-state index contributed by atoms with van der Waals surface area (Å²) in [6, 6.07) is 16.9. The first kappa shape index (κ1) is 14.7. The highest BCUT2D eigenvalue weighted by Crippen LogP contribution is 2.17. The minimum absolute atomic E-state index is 0.0438. The molecule has 0 aliphatic rings. The number of Topliss-reactive ketones (excluding diaryl/α,β-unsaturated/α-hetero) is 1. The summed E-state index contributed by atoms with van der Waals surface area (Å²) in [5, 5.41) is 3.15. The van der Waals surface area contributed by atoms with Gasteiger partial charge in [0.1, 0.15) is 6.29 Å². The minimum atomic E-state index is 0.0438. The van der Waals surface area contributed by atoms with Crippen molar-refractivity contribution in [3.05, 3.63) is 71.8 Å². The van der Waals surface area contributed by atoms with Crippen LogP contribution in [0, 0.1) is 0 Å². The van der Waals surface area contributed by atoms with Crippen molar-refractivity contribution in [2.75, 3.05) is 11.9 Å². The summed E-state index contributed by atoms with van der Waals surface area (Å²) in [5.41, 5.74) is 2.53. The van der Waals surface area contributed by atoms with Crippen LogP contribution in [0.15, 0.2) is 60.7 Å². The molecule has 0 aromatic heterocycles. The molecule has 3 nitrogen and oxygen atoms in total. The summed E-state index contributed by atoms with van der Waals surface area (Å²) in [6.07, 6.45) is 4.92. The molecule has 3 heteroatoms. The number of hydrogen-bond acceptors (Lipinski definition) is 3. The summed E-state index contributed by atoms with van der Waals surface area (Å²) in [4.78, 5) is 22.4. The Bertz CT molecular complexity index is 633. The highest BCUT2D eigenvalue weighted by molar-refractivity contribution is 5.99. The first-order valence-corrected chi connectivity index (χ1v) is 6.82. The van der Waals surface area contributed by atoms with Crippen molar-refractivity contribution in [2.24, 2.45) is 0 Å². The minimum Gasteiger partial charge on any atom is -0.377 e. The van der Waals surface area contributed by atoms with Gasteiger partial charge < -0.3 is 10.1 Å². The molecule has 0 aliphatic heterocycles. The molecule has 0 bridgehead atoms. The van der Waals surface area contributed by atoms with E-state index in [-0.39, 0.29) is 12.3 Å². The fourth-order valence-corrected chi connectivity index (χ4v) is 1.96. The molecule has 0 unspecified atom stereocenters. The Balaban J connectivity index is 2.03. The lowest BCUT2D eigenvalue weighted by Gasteiger charge is -2.09. The molecule has 0 fully saturated rings. The van der Waals surface area contributed by atoms with Crippen molar-refractivity contribution in [3.63, 3.8) is 0 Å². The monoisotopic (exact) mass is 279 g/mol. The molecule has 2 aromatic rings. The van der Waals surface area contributed by atoms with Crippen LogP contribution >= 0.6 is 0 Å². The van der Waals surface area contributed by atoms with Crippen LogP contribution in [-0.4, -0.2) is 18.6 Å². The van der Waals surface area contributed by atoms with Crippen molar-refractivity contribution >= 4 is 23.8 Å². The summed E-state index contributed by atoms with van der Waals surface area (Å²) in [6.45, 7) is 0.239. The van der Waals surface area contributed by atoms with Crippen LogP contribution in [0.2, 0.25) is 0 Å². The molecule has 106 valence electrons. The van der Waals surface area contributed by atoms with Crippen LogP contribution in [0.5, 0.6) is 0 Å². The first-order chi connectivity index (χ1) is 10.3. The van der Waals surface area contributed by atoms with E-state index in [1.165, 1.54) is 0 Å². The van der Waals surface area contributed by atoms with Crippen molar-refractivity contribution in [1.29, 1.82) is 0 Å². The van der Waals surface area contributed by atoms with E-state index in [1.54, 1.807) is 18.2 Å². The Hall–Kier alpha value is -2.68. The van der Waals surface area contributed by atoms with E-state index in [4.69, 9.17) is 0 Å². The van der Waals surface area contributed by atoms with Gasteiger partial charge in [-0.2, -0.15) is 0 Å². The molecule has 0 amide bonds. The molecule has 21 heavy (non-hydrogen) atoms. The summed E-state index contributed by atoms with van der Waals surface area (Å²) in [7, 11) is 0. The van der Waals surface area contributed by atoms with Gasteiger partial charge in [0.05, 0.1) is 6.54 Å². The maximum atomic E-state index is 12.1. The molecular formula is C18H17NO2. The van der Waals surface area contributed by atoms with Gasteiger partial charge in [-0.3, -0.25) is 4.79 Å². The van der Waals surface area contributed by atoms with Crippen molar-refractivity contribution < 1.29 is 9.59 Å². The number of benzene rings is 2. The van der Waals surface area contributed by atoms with Gasteiger partial charge in [0.15, 0.2) is 5.78 Å².